The molecule has 0 atom stereocenters. The van der Waals surface area contributed by atoms with Crippen LogP contribution < -0.4 is 10.6 Å². The summed E-state index contributed by atoms with van der Waals surface area (Å²) in [5.74, 6) is -2.35. The summed E-state index contributed by atoms with van der Waals surface area (Å²) in [6, 6.07) is 3.03. The summed E-state index contributed by atoms with van der Waals surface area (Å²) in [7, 11) is 0. The number of carboxylic acid groups (broad SMARTS) is 1. The molecule has 3 N–H and O–H groups in total. The van der Waals surface area contributed by atoms with Crippen molar-refractivity contribution in [1.82, 2.24) is 5.32 Å². The van der Waals surface area contributed by atoms with Crippen molar-refractivity contribution in [3.8, 4) is 0 Å². The number of carbonyl (C=O) groups is 2. The Hall–Kier alpha value is -2.15. The van der Waals surface area contributed by atoms with E-state index < -0.39 is 23.4 Å². The number of nitrogens with one attached hydrogen (secondary N) is 2. The van der Waals surface area contributed by atoms with Crippen molar-refractivity contribution in [3.05, 3.63) is 29.6 Å². The Kier molecular flexibility index (Phi) is 5.92. The van der Waals surface area contributed by atoms with Gasteiger partial charge in [-0.1, -0.05) is 6.07 Å². The molecule has 0 saturated carbocycles. The SMILES string of the molecule is CC(C)OCCNC(=O)Nc1cccc(F)c1C(=O)O. The van der Waals surface area contributed by atoms with Crippen molar-refractivity contribution in [2.75, 3.05) is 18.5 Å². The molecule has 0 aliphatic rings. The first-order chi connectivity index (χ1) is 9.41. The molecule has 1 aromatic rings. The summed E-state index contributed by atoms with van der Waals surface area (Å²) in [6.07, 6.45) is 0.0571. The smallest absolute Gasteiger partial charge is 0.340 e. The third-order valence-corrected chi connectivity index (χ3v) is 2.31. The molecule has 0 bridgehead atoms. The summed E-state index contributed by atoms with van der Waals surface area (Å²) in [4.78, 5) is 22.5. The van der Waals surface area contributed by atoms with Crippen LogP contribution in [0.2, 0.25) is 0 Å². The molecule has 1 aromatic carbocycles. The fourth-order valence-electron chi connectivity index (χ4n) is 1.47. The van der Waals surface area contributed by atoms with Crippen molar-refractivity contribution in [2.45, 2.75) is 20.0 Å². The van der Waals surface area contributed by atoms with E-state index in [9.17, 15) is 14.0 Å². The first-order valence-corrected chi connectivity index (χ1v) is 6.10. The Morgan fingerprint density at radius 2 is 2.10 bits per heavy atom. The zero-order valence-electron chi connectivity index (χ0n) is 11.3. The van der Waals surface area contributed by atoms with Gasteiger partial charge in [-0.2, -0.15) is 0 Å². The van der Waals surface area contributed by atoms with Crippen LogP contribution in [0.5, 0.6) is 0 Å². The lowest BCUT2D eigenvalue weighted by molar-refractivity contribution is 0.0693. The highest BCUT2D eigenvalue weighted by Crippen LogP contribution is 2.18. The van der Waals surface area contributed by atoms with Crippen molar-refractivity contribution in [2.24, 2.45) is 0 Å². The van der Waals surface area contributed by atoms with E-state index in [1.807, 2.05) is 13.8 Å². The van der Waals surface area contributed by atoms with Crippen LogP contribution >= 0.6 is 0 Å². The first kappa shape index (κ1) is 15.9. The number of rotatable bonds is 6. The summed E-state index contributed by atoms with van der Waals surface area (Å²) in [5, 5.41) is 13.7. The maximum Gasteiger partial charge on any atom is 0.340 e. The van der Waals surface area contributed by atoms with E-state index in [1.165, 1.54) is 12.1 Å². The second-order valence-corrected chi connectivity index (χ2v) is 4.27. The van der Waals surface area contributed by atoms with E-state index in [0.29, 0.717) is 6.61 Å². The molecular weight excluding hydrogens is 267 g/mol. The van der Waals surface area contributed by atoms with Gasteiger partial charge in [-0.05, 0) is 26.0 Å². The van der Waals surface area contributed by atoms with Crippen LogP contribution in [0.15, 0.2) is 18.2 Å². The lowest BCUT2D eigenvalue weighted by atomic mass is 10.1. The number of anilines is 1. The fraction of sp³-hybridized carbons (Fsp3) is 0.385. The van der Waals surface area contributed by atoms with Crippen molar-refractivity contribution >= 4 is 17.7 Å². The van der Waals surface area contributed by atoms with Gasteiger partial charge < -0.3 is 20.5 Å². The Morgan fingerprint density at radius 1 is 1.40 bits per heavy atom. The minimum absolute atomic E-state index is 0.0571. The number of carboxylic acids is 1. The van der Waals surface area contributed by atoms with E-state index in [1.54, 1.807) is 0 Å². The zero-order valence-corrected chi connectivity index (χ0v) is 11.3. The second-order valence-electron chi connectivity index (χ2n) is 4.27. The average molecular weight is 284 g/mol. The number of aromatic carboxylic acids is 1. The monoisotopic (exact) mass is 284 g/mol. The van der Waals surface area contributed by atoms with Gasteiger partial charge in [-0.3, -0.25) is 0 Å². The summed E-state index contributed by atoms with van der Waals surface area (Å²) < 4.78 is 18.6. The minimum Gasteiger partial charge on any atom is -0.478 e. The van der Waals surface area contributed by atoms with Crippen LogP contribution in [0.3, 0.4) is 0 Å². The van der Waals surface area contributed by atoms with E-state index >= 15 is 0 Å². The highest BCUT2D eigenvalue weighted by atomic mass is 19.1. The molecule has 1 rings (SSSR count). The number of carbonyl (C=O) groups excluding carboxylic acids is 1. The van der Waals surface area contributed by atoms with Gasteiger partial charge in [-0.25, -0.2) is 14.0 Å². The van der Waals surface area contributed by atoms with Crippen LogP contribution in [-0.4, -0.2) is 36.4 Å². The molecule has 0 saturated heterocycles. The number of hydrogen-bond donors (Lipinski definition) is 3. The molecule has 2 amide bonds. The maximum absolute atomic E-state index is 13.4. The molecule has 7 heteroatoms. The fourth-order valence-corrected chi connectivity index (χ4v) is 1.47. The Labute approximate surface area is 115 Å². The Balaban J connectivity index is 2.58. The standard InChI is InChI=1S/C13H17FN2O4/c1-8(2)20-7-6-15-13(19)16-10-5-3-4-9(14)11(10)12(17)18/h3-5,8H,6-7H2,1-2H3,(H,17,18)(H2,15,16,19). The van der Waals surface area contributed by atoms with Crippen LogP contribution in [0.25, 0.3) is 0 Å². The molecule has 0 radical (unpaired) electrons. The summed E-state index contributed by atoms with van der Waals surface area (Å²) >= 11 is 0. The van der Waals surface area contributed by atoms with Crippen molar-refractivity contribution < 1.29 is 23.8 Å². The largest absolute Gasteiger partial charge is 0.478 e. The van der Waals surface area contributed by atoms with E-state index in [0.717, 1.165) is 6.07 Å². The van der Waals surface area contributed by atoms with Gasteiger partial charge in [0.25, 0.3) is 0 Å². The number of halogens is 1. The third kappa shape index (κ3) is 4.85. The Bertz CT molecular complexity index is 491. The van der Waals surface area contributed by atoms with E-state index in [4.69, 9.17) is 9.84 Å². The number of benzene rings is 1. The zero-order chi connectivity index (χ0) is 15.1. The van der Waals surface area contributed by atoms with E-state index in [-0.39, 0.29) is 18.3 Å². The van der Waals surface area contributed by atoms with Crippen LogP contribution in [0.1, 0.15) is 24.2 Å². The predicted octanol–water partition coefficient (Wildman–Crippen LogP) is 2.07. The average Bonchev–Trinajstić information content (AvgIpc) is 2.34. The summed E-state index contributed by atoms with van der Waals surface area (Å²) in [5.41, 5.74) is -0.666. The van der Waals surface area contributed by atoms with Gasteiger partial charge in [0, 0.05) is 6.54 Å². The molecule has 0 spiro atoms. The highest BCUT2D eigenvalue weighted by Gasteiger charge is 2.16. The predicted molar refractivity (Wildman–Crippen MR) is 71.5 cm³/mol. The topological polar surface area (TPSA) is 87.7 Å². The number of urea groups is 1. The van der Waals surface area contributed by atoms with Gasteiger partial charge in [0.1, 0.15) is 11.4 Å². The minimum atomic E-state index is -1.44. The summed E-state index contributed by atoms with van der Waals surface area (Å²) in [6.45, 7) is 4.33. The van der Waals surface area contributed by atoms with Gasteiger partial charge >= 0.3 is 12.0 Å². The highest BCUT2D eigenvalue weighted by molar-refractivity contribution is 6.00. The molecule has 0 aromatic heterocycles. The van der Waals surface area contributed by atoms with Crippen LogP contribution in [0, 0.1) is 5.82 Å². The lowest BCUT2D eigenvalue weighted by Gasteiger charge is -2.11. The molecule has 6 nitrogen and oxygen atoms in total. The molecule has 0 heterocycles. The molecule has 0 fully saturated rings. The van der Waals surface area contributed by atoms with E-state index in [2.05, 4.69) is 10.6 Å². The molecular formula is C13H17FN2O4. The van der Waals surface area contributed by atoms with Crippen molar-refractivity contribution in [1.29, 1.82) is 0 Å². The van der Waals surface area contributed by atoms with Gasteiger partial charge in [0.05, 0.1) is 18.4 Å². The first-order valence-electron chi connectivity index (χ1n) is 6.10. The van der Waals surface area contributed by atoms with Crippen molar-refractivity contribution in [3.63, 3.8) is 0 Å². The normalized spacial score (nSPS) is 10.4. The molecule has 20 heavy (non-hydrogen) atoms. The molecule has 0 unspecified atom stereocenters. The lowest BCUT2D eigenvalue weighted by Crippen LogP contribution is -2.32. The maximum atomic E-state index is 13.4. The number of hydrogen-bond acceptors (Lipinski definition) is 3. The second kappa shape index (κ2) is 7.44. The number of amides is 2. The third-order valence-electron chi connectivity index (χ3n) is 2.31. The van der Waals surface area contributed by atoms with Gasteiger partial charge in [0.2, 0.25) is 0 Å². The quantitative estimate of drug-likeness (QED) is 0.698. The van der Waals surface area contributed by atoms with Crippen LogP contribution in [0.4, 0.5) is 14.9 Å². The van der Waals surface area contributed by atoms with Crippen LogP contribution in [-0.2, 0) is 4.74 Å². The molecule has 0 aliphatic heterocycles. The molecule has 0 aliphatic carbocycles. The van der Waals surface area contributed by atoms with Gasteiger partial charge in [-0.15, -0.1) is 0 Å². The number of ether oxygens (including phenoxy) is 1. The molecule has 110 valence electrons. The Morgan fingerprint density at radius 3 is 2.70 bits per heavy atom. The van der Waals surface area contributed by atoms with Gasteiger partial charge in [0.15, 0.2) is 0 Å².